The van der Waals surface area contributed by atoms with Crippen LogP contribution >= 0.6 is 11.6 Å². The fourth-order valence-corrected chi connectivity index (χ4v) is 4.72. The lowest BCUT2D eigenvalue weighted by Crippen LogP contribution is -2.56. The molecule has 1 aliphatic heterocycles. The standard InChI is InChI=1S/C30H40ClFN4O4/c1-5-7-25-30(39)36(4)20(3)28(37)35-26(16-21-9-12-23(31)13-10-21)29(38)33-15-6-8-22-11-14-24(32)17-27(22)40-19(2)18-34-25/h9-14,17,19-20,25-26,34H,5-8,15-16,18H2,1-4H3,(H,33,38)(H,35,37)/t19-,20-,25+,26-/m1/s1. The van der Waals surface area contributed by atoms with Crippen LogP contribution in [0.25, 0.3) is 0 Å². The molecule has 0 saturated heterocycles. The molecule has 3 N–H and O–H groups in total. The van der Waals surface area contributed by atoms with Gasteiger partial charge in [0, 0.05) is 37.6 Å². The number of rotatable bonds is 4. The summed E-state index contributed by atoms with van der Waals surface area (Å²) in [5, 5.41) is 9.61. The Morgan fingerprint density at radius 1 is 1.05 bits per heavy atom. The molecule has 0 unspecified atom stereocenters. The lowest BCUT2D eigenvalue weighted by Gasteiger charge is -2.30. The predicted octanol–water partition coefficient (Wildman–Crippen LogP) is 3.64. The van der Waals surface area contributed by atoms with Crippen molar-refractivity contribution in [3.05, 3.63) is 64.4 Å². The van der Waals surface area contributed by atoms with E-state index in [4.69, 9.17) is 16.3 Å². The third kappa shape index (κ3) is 8.93. The van der Waals surface area contributed by atoms with Gasteiger partial charge in [-0.2, -0.15) is 0 Å². The van der Waals surface area contributed by atoms with Crippen molar-refractivity contribution in [1.82, 2.24) is 20.9 Å². The van der Waals surface area contributed by atoms with Gasteiger partial charge >= 0.3 is 0 Å². The van der Waals surface area contributed by atoms with E-state index in [-0.39, 0.29) is 24.3 Å². The van der Waals surface area contributed by atoms with E-state index < -0.39 is 29.8 Å². The van der Waals surface area contributed by atoms with Crippen LogP contribution in [-0.2, 0) is 27.2 Å². The zero-order valence-corrected chi connectivity index (χ0v) is 24.4. The Labute approximate surface area is 241 Å². The molecule has 218 valence electrons. The molecule has 0 fully saturated rings. The van der Waals surface area contributed by atoms with E-state index in [1.54, 1.807) is 32.2 Å². The van der Waals surface area contributed by atoms with Crippen LogP contribution in [0.5, 0.6) is 5.75 Å². The maximum Gasteiger partial charge on any atom is 0.243 e. The normalized spacial score (nSPS) is 23.8. The fraction of sp³-hybridized carbons (Fsp3) is 0.500. The summed E-state index contributed by atoms with van der Waals surface area (Å²) in [5.74, 6) is -0.944. The van der Waals surface area contributed by atoms with Gasteiger partial charge in [0.05, 0.1) is 6.04 Å². The van der Waals surface area contributed by atoms with Crippen LogP contribution in [0.1, 0.15) is 51.2 Å². The van der Waals surface area contributed by atoms with E-state index in [9.17, 15) is 18.8 Å². The van der Waals surface area contributed by atoms with E-state index in [2.05, 4.69) is 16.0 Å². The Kier molecular flexibility index (Phi) is 11.8. The number of amides is 3. The average Bonchev–Trinajstić information content (AvgIpc) is 2.93. The second-order valence-corrected chi connectivity index (χ2v) is 10.8. The van der Waals surface area contributed by atoms with E-state index in [0.29, 0.717) is 43.1 Å². The average molecular weight is 575 g/mol. The second-order valence-electron chi connectivity index (χ2n) is 10.3. The maximum absolute atomic E-state index is 14.1. The summed E-state index contributed by atoms with van der Waals surface area (Å²) in [7, 11) is 1.59. The van der Waals surface area contributed by atoms with Gasteiger partial charge in [0.15, 0.2) is 0 Å². The zero-order chi connectivity index (χ0) is 29.2. The quantitative estimate of drug-likeness (QED) is 0.518. The Balaban J connectivity index is 1.87. The minimum absolute atomic E-state index is 0.233. The number of hydrogen-bond acceptors (Lipinski definition) is 5. The molecule has 1 heterocycles. The fourth-order valence-electron chi connectivity index (χ4n) is 4.60. The molecule has 3 rings (SSSR count). The first-order valence-corrected chi connectivity index (χ1v) is 14.2. The molecule has 2 aromatic rings. The Morgan fingerprint density at radius 3 is 2.48 bits per heavy atom. The SMILES string of the molecule is CCC[C@@H]1NC[C@@H](C)Oc2cc(F)ccc2CCCNC(=O)[C@@H](Cc2ccc(Cl)cc2)NC(=O)[C@@H](C)N(C)C1=O. The number of likely N-dealkylation sites (N-methyl/N-ethyl adjacent to an activating group) is 1. The molecule has 0 saturated carbocycles. The van der Waals surface area contributed by atoms with E-state index in [1.807, 2.05) is 26.0 Å². The number of nitrogens with zero attached hydrogens (tertiary/aromatic N) is 1. The van der Waals surface area contributed by atoms with Crippen molar-refractivity contribution in [3.63, 3.8) is 0 Å². The molecule has 1 aliphatic rings. The number of carbonyl (C=O) groups is 3. The van der Waals surface area contributed by atoms with E-state index >= 15 is 0 Å². The van der Waals surface area contributed by atoms with Gasteiger partial charge in [0.25, 0.3) is 0 Å². The van der Waals surface area contributed by atoms with Crippen molar-refractivity contribution in [2.75, 3.05) is 20.1 Å². The largest absolute Gasteiger partial charge is 0.489 e. The minimum atomic E-state index is -0.853. The minimum Gasteiger partial charge on any atom is -0.489 e. The van der Waals surface area contributed by atoms with Gasteiger partial charge in [-0.05, 0) is 62.4 Å². The molecule has 3 amide bonds. The van der Waals surface area contributed by atoms with Crippen LogP contribution in [0.3, 0.4) is 0 Å². The molecule has 0 bridgehead atoms. The third-order valence-electron chi connectivity index (χ3n) is 7.10. The van der Waals surface area contributed by atoms with Crippen LogP contribution in [-0.4, -0.2) is 67.0 Å². The van der Waals surface area contributed by atoms with Gasteiger partial charge in [-0.1, -0.05) is 43.1 Å². The Morgan fingerprint density at radius 2 is 1.77 bits per heavy atom. The number of carbonyl (C=O) groups excluding carboxylic acids is 3. The van der Waals surface area contributed by atoms with Crippen LogP contribution < -0.4 is 20.7 Å². The smallest absolute Gasteiger partial charge is 0.243 e. The van der Waals surface area contributed by atoms with Crippen molar-refractivity contribution in [2.45, 2.75) is 77.1 Å². The maximum atomic E-state index is 14.1. The summed E-state index contributed by atoms with van der Waals surface area (Å²) in [6.45, 7) is 6.19. The van der Waals surface area contributed by atoms with Gasteiger partial charge in [0.1, 0.15) is 29.8 Å². The highest BCUT2D eigenvalue weighted by Gasteiger charge is 2.31. The van der Waals surface area contributed by atoms with Crippen LogP contribution in [0.15, 0.2) is 42.5 Å². The molecular weight excluding hydrogens is 535 g/mol. The molecule has 4 atom stereocenters. The van der Waals surface area contributed by atoms with Crippen LogP contribution in [0.2, 0.25) is 5.02 Å². The first-order valence-electron chi connectivity index (χ1n) is 13.9. The molecule has 2 aromatic carbocycles. The third-order valence-corrected chi connectivity index (χ3v) is 7.35. The summed E-state index contributed by atoms with van der Waals surface area (Å²) in [5.41, 5.74) is 1.66. The number of fused-ring (bicyclic) bond motifs is 1. The number of benzene rings is 2. The molecule has 0 aliphatic carbocycles. The van der Waals surface area contributed by atoms with Gasteiger partial charge in [0.2, 0.25) is 17.7 Å². The molecule has 0 radical (unpaired) electrons. The van der Waals surface area contributed by atoms with Gasteiger partial charge in [-0.15, -0.1) is 0 Å². The molecular formula is C30H40ClFN4O4. The lowest BCUT2D eigenvalue weighted by molar-refractivity contribution is -0.141. The van der Waals surface area contributed by atoms with E-state index in [1.165, 1.54) is 17.0 Å². The van der Waals surface area contributed by atoms with Crippen molar-refractivity contribution in [1.29, 1.82) is 0 Å². The van der Waals surface area contributed by atoms with Gasteiger partial charge < -0.3 is 25.6 Å². The van der Waals surface area contributed by atoms with Crippen molar-refractivity contribution in [2.24, 2.45) is 0 Å². The first kappa shape index (κ1) is 31.4. The highest BCUT2D eigenvalue weighted by Crippen LogP contribution is 2.23. The van der Waals surface area contributed by atoms with Gasteiger partial charge in [-0.3, -0.25) is 14.4 Å². The molecule has 8 nitrogen and oxygen atoms in total. The Bertz CT molecular complexity index is 1160. The summed E-state index contributed by atoms with van der Waals surface area (Å²) in [4.78, 5) is 41.3. The van der Waals surface area contributed by atoms with Crippen LogP contribution in [0, 0.1) is 5.82 Å². The van der Waals surface area contributed by atoms with Crippen molar-refractivity contribution < 1.29 is 23.5 Å². The topological polar surface area (TPSA) is 99.8 Å². The van der Waals surface area contributed by atoms with Crippen molar-refractivity contribution in [3.8, 4) is 5.75 Å². The van der Waals surface area contributed by atoms with Crippen LogP contribution in [0.4, 0.5) is 4.39 Å². The van der Waals surface area contributed by atoms with Gasteiger partial charge in [-0.25, -0.2) is 4.39 Å². The molecule has 0 aromatic heterocycles. The van der Waals surface area contributed by atoms with E-state index in [0.717, 1.165) is 17.5 Å². The molecule has 0 spiro atoms. The Hall–Kier alpha value is -3.17. The summed E-state index contributed by atoms with van der Waals surface area (Å²) in [6.07, 6.45) is 2.39. The number of halogens is 2. The van der Waals surface area contributed by atoms with Crippen molar-refractivity contribution >= 4 is 29.3 Å². The number of hydrogen-bond donors (Lipinski definition) is 3. The monoisotopic (exact) mass is 574 g/mol. The zero-order valence-electron chi connectivity index (χ0n) is 23.6. The lowest BCUT2D eigenvalue weighted by atomic mass is 10.0. The molecule has 10 heteroatoms. The second kappa shape index (κ2) is 15.0. The highest BCUT2D eigenvalue weighted by molar-refractivity contribution is 6.30. The number of nitrogens with one attached hydrogen (secondary N) is 3. The predicted molar refractivity (Wildman–Crippen MR) is 154 cm³/mol. The summed E-state index contributed by atoms with van der Waals surface area (Å²) >= 11 is 6.02. The first-order chi connectivity index (χ1) is 19.1. The summed E-state index contributed by atoms with van der Waals surface area (Å²) in [6, 6.07) is 9.34. The summed E-state index contributed by atoms with van der Waals surface area (Å²) < 4.78 is 20.1. The number of ether oxygens (including phenoxy) is 1. The molecule has 40 heavy (non-hydrogen) atoms. The highest BCUT2D eigenvalue weighted by atomic mass is 35.5. The number of aryl methyl sites for hydroxylation is 1.